The maximum atomic E-state index is 13.4. The molecule has 0 saturated carbocycles. The third-order valence-corrected chi connectivity index (χ3v) is 4.76. The van der Waals surface area contributed by atoms with Crippen LogP contribution in [0.1, 0.15) is 32.1 Å². The highest BCUT2D eigenvalue weighted by Crippen LogP contribution is 2.23. The molecule has 2 aromatic rings. The van der Waals surface area contributed by atoms with E-state index in [0.717, 1.165) is 22.6 Å². The Morgan fingerprint density at radius 3 is 2.42 bits per heavy atom. The van der Waals surface area contributed by atoms with E-state index in [1.807, 2.05) is 13.8 Å². The fourth-order valence-electron chi connectivity index (χ4n) is 2.18. The third kappa shape index (κ3) is 4.38. The van der Waals surface area contributed by atoms with Gasteiger partial charge in [-0.3, -0.25) is 9.59 Å². The molecule has 7 heteroatoms. The number of thiophene rings is 1. The van der Waals surface area contributed by atoms with E-state index in [1.165, 1.54) is 22.3 Å². The number of rotatable bonds is 6. The highest BCUT2D eigenvalue weighted by Gasteiger charge is 2.20. The van der Waals surface area contributed by atoms with Gasteiger partial charge in [0.2, 0.25) is 0 Å². The number of benzene rings is 1. The number of carbonyl (C=O) groups excluding carboxylic acids is 1. The van der Waals surface area contributed by atoms with Crippen LogP contribution >= 0.6 is 11.3 Å². The number of carboxylic acids is 1. The topological polar surface area (TPSA) is 57.6 Å². The average molecular weight is 353 g/mol. The fraction of sp³-hybridized carbons (Fsp3) is 0.294. The molecular formula is C17H17F2NO3S. The minimum atomic E-state index is -1.03. The van der Waals surface area contributed by atoms with Crippen LogP contribution in [0.5, 0.6) is 0 Å². The van der Waals surface area contributed by atoms with Gasteiger partial charge in [-0.05, 0) is 43.2 Å². The number of carboxylic acid groups (broad SMARTS) is 1. The number of carbonyl (C=O) groups is 2. The molecule has 0 atom stereocenters. The zero-order chi connectivity index (χ0) is 17.9. The number of hydrogen-bond donors (Lipinski definition) is 1. The van der Waals surface area contributed by atoms with Crippen LogP contribution in [0.15, 0.2) is 24.3 Å². The Balaban J connectivity index is 2.24. The molecule has 4 nitrogen and oxygen atoms in total. The summed E-state index contributed by atoms with van der Waals surface area (Å²) in [6, 6.07) is 5.14. The molecule has 0 aliphatic heterocycles. The van der Waals surface area contributed by atoms with Gasteiger partial charge < -0.3 is 10.0 Å². The molecule has 1 heterocycles. The number of aliphatic carboxylic acids is 1. The Morgan fingerprint density at radius 2 is 1.88 bits per heavy atom. The fourth-order valence-corrected chi connectivity index (χ4v) is 3.18. The predicted molar refractivity (Wildman–Crippen MR) is 87.1 cm³/mol. The minimum absolute atomic E-state index is 0.0108. The summed E-state index contributed by atoms with van der Waals surface area (Å²) in [5.41, 5.74) is 1.38. The number of halogens is 2. The summed E-state index contributed by atoms with van der Waals surface area (Å²) in [5.74, 6) is -3.31. The van der Waals surface area contributed by atoms with E-state index in [1.54, 1.807) is 6.07 Å². The summed E-state index contributed by atoms with van der Waals surface area (Å²) >= 11 is 1.33. The lowest BCUT2D eigenvalue weighted by Gasteiger charge is -2.21. The van der Waals surface area contributed by atoms with Crippen molar-refractivity contribution in [3.8, 4) is 0 Å². The van der Waals surface area contributed by atoms with Gasteiger partial charge in [-0.15, -0.1) is 11.3 Å². The first kappa shape index (κ1) is 18.1. The number of amides is 1. The Morgan fingerprint density at radius 1 is 1.17 bits per heavy atom. The summed E-state index contributed by atoms with van der Waals surface area (Å²) in [6.07, 6.45) is -0.223. The van der Waals surface area contributed by atoms with E-state index in [-0.39, 0.29) is 25.4 Å². The van der Waals surface area contributed by atoms with Gasteiger partial charge in [0.15, 0.2) is 11.6 Å². The van der Waals surface area contributed by atoms with Gasteiger partial charge in [0.05, 0.1) is 11.3 Å². The summed E-state index contributed by atoms with van der Waals surface area (Å²) < 4.78 is 26.4. The lowest BCUT2D eigenvalue weighted by Crippen LogP contribution is -2.32. The van der Waals surface area contributed by atoms with Crippen LogP contribution in [0.3, 0.4) is 0 Å². The standard InChI is InChI=1S/C17H17F2NO3S/c1-10-7-15(24-11(10)2)17(23)20(6-5-16(21)22)9-12-3-4-13(18)14(19)8-12/h3-4,7-8H,5-6,9H2,1-2H3,(H,21,22). The molecule has 0 bridgehead atoms. The molecular weight excluding hydrogens is 336 g/mol. The Kier molecular flexibility index (Phi) is 5.66. The van der Waals surface area contributed by atoms with E-state index in [0.29, 0.717) is 10.4 Å². The van der Waals surface area contributed by atoms with E-state index >= 15 is 0 Å². The normalized spacial score (nSPS) is 10.7. The van der Waals surface area contributed by atoms with Crippen molar-refractivity contribution in [1.82, 2.24) is 4.90 Å². The second kappa shape index (κ2) is 7.53. The summed E-state index contributed by atoms with van der Waals surface area (Å²) in [4.78, 5) is 26.3. The first-order valence-corrected chi connectivity index (χ1v) is 8.11. The van der Waals surface area contributed by atoms with Crippen molar-refractivity contribution < 1.29 is 23.5 Å². The Bertz CT molecular complexity index is 754. The maximum Gasteiger partial charge on any atom is 0.305 e. The second-order valence-corrected chi connectivity index (χ2v) is 6.73. The molecule has 24 heavy (non-hydrogen) atoms. The summed E-state index contributed by atoms with van der Waals surface area (Å²) in [6.45, 7) is 3.79. The second-order valence-electron chi connectivity index (χ2n) is 5.47. The van der Waals surface area contributed by atoms with Gasteiger partial charge in [-0.25, -0.2) is 8.78 Å². The molecule has 0 saturated heterocycles. The predicted octanol–water partition coefficient (Wildman–Crippen LogP) is 3.76. The molecule has 0 aliphatic rings. The summed E-state index contributed by atoms with van der Waals surface area (Å²) in [7, 11) is 0. The third-order valence-electron chi connectivity index (χ3n) is 3.62. The summed E-state index contributed by atoms with van der Waals surface area (Å²) in [5, 5.41) is 8.86. The quantitative estimate of drug-likeness (QED) is 0.860. The monoisotopic (exact) mass is 353 g/mol. The van der Waals surface area contributed by atoms with Gasteiger partial charge in [0.25, 0.3) is 5.91 Å². The molecule has 2 rings (SSSR count). The molecule has 128 valence electrons. The minimum Gasteiger partial charge on any atom is -0.481 e. The lowest BCUT2D eigenvalue weighted by atomic mass is 10.2. The lowest BCUT2D eigenvalue weighted by molar-refractivity contribution is -0.137. The molecule has 1 N–H and O–H groups in total. The molecule has 0 unspecified atom stereocenters. The molecule has 1 aromatic carbocycles. The van der Waals surface area contributed by atoms with Gasteiger partial charge in [-0.2, -0.15) is 0 Å². The number of hydrogen-bond acceptors (Lipinski definition) is 3. The first-order chi connectivity index (χ1) is 11.3. The van der Waals surface area contributed by atoms with Gasteiger partial charge >= 0.3 is 5.97 Å². The van der Waals surface area contributed by atoms with Crippen molar-refractivity contribution in [3.05, 3.63) is 56.8 Å². The van der Waals surface area contributed by atoms with Crippen molar-refractivity contribution in [2.24, 2.45) is 0 Å². The smallest absolute Gasteiger partial charge is 0.305 e. The van der Waals surface area contributed by atoms with Crippen LogP contribution in [-0.4, -0.2) is 28.4 Å². The Hall–Kier alpha value is -2.28. The van der Waals surface area contributed by atoms with Crippen LogP contribution in [0, 0.1) is 25.5 Å². The SMILES string of the molecule is Cc1cc(C(=O)N(CCC(=O)O)Cc2ccc(F)c(F)c2)sc1C. The molecule has 1 aromatic heterocycles. The van der Waals surface area contributed by atoms with Crippen LogP contribution in [0.4, 0.5) is 8.78 Å². The van der Waals surface area contributed by atoms with E-state index in [4.69, 9.17) is 5.11 Å². The van der Waals surface area contributed by atoms with Crippen molar-refractivity contribution >= 4 is 23.2 Å². The van der Waals surface area contributed by atoms with Crippen molar-refractivity contribution in [2.75, 3.05) is 6.54 Å². The molecule has 1 amide bonds. The number of aryl methyl sites for hydroxylation is 2. The average Bonchev–Trinajstić information content (AvgIpc) is 2.85. The van der Waals surface area contributed by atoms with E-state index in [9.17, 15) is 18.4 Å². The van der Waals surface area contributed by atoms with Crippen LogP contribution in [0.25, 0.3) is 0 Å². The van der Waals surface area contributed by atoms with Crippen molar-refractivity contribution in [1.29, 1.82) is 0 Å². The molecule has 0 spiro atoms. The molecule has 0 fully saturated rings. The zero-order valence-corrected chi connectivity index (χ0v) is 14.1. The van der Waals surface area contributed by atoms with Crippen LogP contribution in [0.2, 0.25) is 0 Å². The molecule has 0 radical (unpaired) electrons. The van der Waals surface area contributed by atoms with Gasteiger partial charge in [0, 0.05) is 18.0 Å². The van der Waals surface area contributed by atoms with E-state index < -0.39 is 17.6 Å². The van der Waals surface area contributed by atoms with Gasteiger partial charge in [-0.1, -0.05) is 6.07 Å². The zero-order valence-electron chi connectivity index (χ0n) is 13.3. The molecule has 0 aliphatic carbocycles. The maximum absolute atomic E-state index is 13.4. The van der Waals surface area contributed by atoms with Crippen LogP contribution < -0.4 is 0 Å². The van der Waals surface area contributed by atoms with Crippen molar-refractivity contribution in [2.45, 2.75) is 26.8 Å². The van der Waals surface area contributed by atoms with Crippen LogP contribution in [-0.2, 0) is 11.3 Å². The largest absolute Gasteiger partial charge is 0.481 e. The van der Waals surface area contributed by atoms with Crippen molar-refractivity contribution in [3.63, 3.8) is 0 Å². The highest BCUT2D eigenvalue weighted by atomic mass is 32.1. The van der Waals surface area contributed by atoms with Gasteiger partial charge in [0.1, 0.15) is 0 Å². The Labute approximate surface area is 142 Å². The first-order valence-electron chi connectivity index (χ1n) is 7.30. The highest BCUT2D eigenvalue weighted by molar-refractivity contribution is 7.14. The number of nitrogens with zero attached hydrogens (tertiary/aromatic N) is 1. The van der Waals surface area contributed by atoms with E-state index in [2.05, 4.69) is 0 Å².